The van der Waals surface area contributed by atoms with Crippen molar-refractivity contribution in [3.8, 4) is 0 Å². The topological polar surface area (TPSA) is 135 Å². The Bertz CT molecular complexity index is 1130. The van der Waals surface area contributed by atoms with Gasteiger partial charge in [-0.25, -0.2) is 14.9 Å². The predicted octanol–water partition coefficient (Wildman–Crippen LogP) is 3.24. The Morgan fingerprint density at radius 2 is 1.91 bits per heavy atom. The van der Waals surface area contributed by atoms with Gasteiger partial charge in [-0.1, -0.05) is 31.2 Å². The molecule has 0 unspecified atom stereocenters. The predicted molar refractivity (Wildman–Crippen MR) is 133 cm³/mol. The first-order valence-corrected chi connectivity index (χ1v) is 11.2. The van der Waals surface area contributed by atoms with Crippen LogP contribution in [0.15, 0.2) is 59.1 Å². The lowest BCUT2D eigenvalue weighted by Crippen LogP contribution is -2.37. The van der Waals surface area contributed by atoms with E-state index in [1.807, 2.05) is 25.1 Å². The Kier molecular flexibility index (Phi) is 8.96. The minimum atomic E-state index is -0.578. The molecule has 0 spiro atoms. The number of nitrogens with zero attached hydrogens (tertiary/aromatic N) is 2. The fourth-order valence-corrected chi connectivity index (χ4v) is 3.36. The summed E-state index contributed by atoms with van der Waals surface area (Å²) in [5.74, 6) is -0.380. The molecule has 4 N–H and O–H groups in total. The zero-order chi connectivity index (χ0) is 25.2. The molecule has 184 valence electrons. The van der Waals surface area contributed by atoms with Crippen molar-refractivity contribution in [2.75, 3.05) is 32.1 Å². The maximum Gasteiger partial charge on any atom is 0.406 e. The number of para-hydroxylation sites is 1. The highest BCUT2D eigenvalue weighted by Gasteiger charge is 2.22. The van der Waals surface area contributed by atoms with Gasteiger partial charge in [-0.05, 0) is 36.8 Å². The molecule has 35 heavy (non-hydrogen) atoms. The van der Waals surface area contributed by atoms with E-state index in [1.54, 1.807) is 36.4 Å². The molecule has 0 radical (unpaired) electrons. The van der Waals surface area contributed by atoms with Crippen LogP contribution in [0, 0.1) is 0 Å². The van der Waals surface area contributed by atoms with E-state index in [0.717, 1.165) is 0 Å². The summed E-state index contributed by atoms with van der Waals surface area (Å²) in [6, 6.07) is 14.2. The molecule has 1 aliphatic rings. The van der Waals surface area contributed by atoms with Crippen molar-refractivity contribution in [2.24, 2.45) is 10.7 Å². The quantitative estimate of drug-likeness (QED) is 0.373. The molecule has 1 aliphatic heterocycles. The van der Waals surface area contributed by atoms with Gasteiger partial charge >= 0.3 is 6.09 Å². The number of hydrogen-bond donors (Lipinski definition) is 3. The minimum Gasteiger partial charge on any atom is -0.453 e. The number of fused-ring (bicyclic) bond motifs is 1. The number of aliphatic imine (C=N–C) groups is 1. The van der Waals surface area contributed by atoms with Gasteiger partial charge in [0.1, 0.15) is 5.84 Å². The van der Waals surface area contributed by atoms with Crippen LogP contribution in [-0.4, -0.2) is 55.6 Å². The van der Waals surface area contributed by atoms with E-state index in [2.05, 4.69) is 20.4 Å². The molecular weight excluding hydrogens is 450 g/mol. The lowest BCUT2D eigenvalue weighted by Gasteiger charge is -2.22. The first kappa shape index (κ1) is 25.4. The van der Waals surface area contributed by atoms with Gasteiger partial charge in [0.05, 0.1) is 19.4 Å². The van der Waals surface area contributed by atoms with E-state index < -0.39 is 6.09 Å². The monoisotopic (exact) mass is 479 g/mol. The first-order valence-electron chi connectivity index (χ1n) is 11.2. The van der Waals surface area contributed by atoms with E-state index in [0.29, 0.717) is 41.0 Å². The summed E-state index contributed by atoms with van der Waals surface area (Å²) in [4.78, 5) is 47.1. The third-order valence-corrected chi connectivity index (χ3v) is 5.02. The number of rotatable bonds is 9. The second kappa shape index (κ2) is 12.3. The number of amidine groups is 1. The number of benzene rings is 2. The Balaban J connectivity index is 1.76. The van der Waals surface area contributed by atoms with E-state index in [-0.39, 0.29) is 37.2 Å². The first-order chi connectivity index (χ1) is 16.9. The number of hydrogen-bond acceptors (Lipinski definition) is 7. The van der Waals surface area contributed by atoms with Gasteiger partial charge in [0.15, 0.2) is 0 Å². The number of anilines is 1. The number of carbonyl (C=O) groups is 3. The smallest absolute Gasteiger partial charge is 0.406 e. The molecular formula is C25H29N5O5. The molecule has 0 saturated carbocycles. The van der Waals surface area contributed by atoms with E-state index in [4.69, 9.17) is 10.6 Å². The lowest BCUT2D eigenvalue weighted by molar-refractivity contribution is -0.181. The maximum absolute atomic E-state index is 13.2. The Morgan fingerprint density at radius 1 is 1.14 bits per heavy atom. The van der Waals surface area contributed by atoms with Gasteiger partial charge in [0.2, 0.25) is 0 Å². The third-order valence-electron chi connectivity index (χ3n) is 5.02. The summed E-state index contributed by atoms with van der Waals surface area (Å²) in [5, 5.41) is 6.59. The number of nitrogens with two attached hydrogens (primary N) is 1. The van der Waals surface area contributed by atoms with E-state index in [9.17, 15) is 14.4 Å². The van der Waals surface area contributed by atoms with Crippen LogP contribution < -0.4 is 16.4 Å². The normalized spacial score (nSPS) is 12.4. The lowest BCUT2D eigenvalue weighted by atomic mass is 10.0. The van der Waals surface area contributed by atoms with Crippen molar-refractivity contribution in [2.45, 2.75) is 19.8 Å². The van der Waals surface area contributed by atoms with Crippen LogP contribution >= 0.6 is 0 Å². The van der Waals surface area contributed by atoms with Gasteiger partial charge in [0.25, 0.3) is 11.8 Å². The molecule has 1 heterocycles. The highest BCUT2D eigenvalue weighted by molar-refractivity contribution is 6.07. The summed E-state index contributed by atoms with van der Waals surface area (Å²) in [7, 11) is 1.27. The number of alkyl carbamates (subject to hydrolysis) is 1. The van der Waals surface area contributed by atoms with Crippen LogP contribution in [0.1, 0.15) is 35.7 Å². The number of amides is 3. The second-order valence-electron chi connectivity index (χ2n) is 7.70. The van der Waals surface area contributed by atoms with Crippen LogP contribution in [0.3, 0.4) is 0 Å². The fraction of sp³-hybridized carbons (Fsp3) is 0.280. The zero-order valence-corrected chi connectivity index (χ0v) is 19.7. The van der Waals surface area contributed by atoms with Crippen molar-refractivity contribution >= 4 is 41.2 Å². The number of nitrogens with one attached hydrogen (secondary N) is 2. The van der Waals surface area contributed by atoms with E-state index >= 15 is 0 Å². The molecule has 2 aromatic rings. The number of carbonyl (C=O) groups excluding carboxylic acids is 3. The molecule has 10 heteroatoms. The average molecular weight is 480 g/mol. The van der Waals surface area contributed by atoms with Crippen molar-refractivity contribution in [1.82, 2.24) is 10.4 Å². The van der Waals surface area contributed by atoms with E-state index in [1.165, 1.54) is 12.2 Å². The molecule has 2 aromatic carbocycles. The molecule has 3 amide bonds. The van der Waals surface area contributed by atoms with Gasteiger partial charge in [-0.3, -0.25) is 14.4 Å². The standard InChI is InChI=1S/C25H29N5O5/c1-3-12-30(35-13-11-27-25(33)34-2)24(32)19-14-17-9-10-18(15-21(17)29-22(26)16-19)23(31)28-20-7-5-4-6-8-20/h4-10,14-15H,3,11-13,16H2,1-2H3,(H2,26,29)(H,27,33)(H,28,31). The number of hydroxylamine groups is 2. The van der Waals surface area contributed by atoms with Gasteiger partial charge in [0, 0.05) is 41.9 Å². The summed E-state index contributed by atoms with van der Waals surface area (Å²) in [6.45, 7) is 2.55. The van der Waals surface area contributed by atoms with Crippen molar-refractivity contribution in [3.63, 3.8) is 0 Å². The Morgan fingerprint density at radius 3 is 2.63 bits per heavy atom. The molecule has 0 saturated heterocycles. The summed E-state index contributed by atoms with van der Waals surface area (Å²) in [6.07, 6.45) is 1.93. The highest BCUT2D eigenvalue weighted by Crippen LogP contribution is 2.28. The van der Waals surface area contributed by atoms with Crippen LogP contribution in [0.2, 0.25) is 0 Å². The maximum atomic E-state index is 13.2. The largest absolute Gasteiger partial charge is 0.453 e. The molecule has 10 nitrogen and oxygen atoms in total. The second-order valence-corrected chi connectivity index (χ2v) is 7.70. The molecule has 0 atom stereocenters. The minimum absolute atomic E-state index is 0.0914. The Labute approximate surface area is 203 Å². The zero-order valence-electron chi connectivity index (χ0n) is 19.7. The third kappa shape index (κ3) is 7.15. The fourth-order valence-electron chi connectivity index (χ4n) is 3.36. The SMILES string of the molecule is CCCN(OCCNC(=O)OC)C(=O)C1=Cc2ccc(C(=O)Nc3ccccc3)cc2N=C(N)C1. The summed E-state index contributed by atoms with van der Waals surface area (Å²) < 4.78 is 4.51. The number of methoxy groups -OCH3 is 1. The van der Waals surface area contributed by atoms with Crippen molar-refractivity contribution < 1.29 is 24.0 Å². The molecule has 0 bridgehead atoms. The van der Waals surface area contributed by atoms with Crippen LogP contribution in [0.4, 0.5) is 16.2 Å². The molecule has 0 aliphatic carbocycles. The Hall–Kier alpha value is -4.18. The van der Waals surface area contributed by atoms with Crippen LogP contribution in [0.25, 0.3) is 6.08 Å². The highest BCUT2D eigenvalue weighted by atomic mass is 16.7. The van der Waals surface area contributed by atoms with Crippen LogP contribution in [0.5, 0.6) is 0 Å². The molecule has 3 rings (SSSR count). The van der Waals surface area contributed by atoms with Gasteiger partial charge in [-0.15, -0.1) is 0 Å². The average Bonchev–Trinajstić information content (AvgIpc) is 3.03. The molecule has 0 fully saturated rings. The molecule has 0 aromatic heterocycles. The van der Waals surface area contributed by atoms with Gasteiger partial charge in [-0.2, -0.15) is 0 Å². The summed E-state index contributed by atoms with van der Waals surface area (Å²) in [5.41, 5.74) is 8.77. The van der Waals surface area contributed by atoms with Crippen molar-refractivity contribution in [3.05, 3.63) is 65.2 Å². The van der Waals surface area contributed by atoms with Crippen LogP contribution in [-0.2, 0) is 14.4 Å². The summed E-state index contributed by atoms with van der Waals surface area (Å²) >= 11 is 0. The van der Waals surface area contributed by atoms with Crippen molar-refractivity contribution in [1.29, 1.82) is 0 Å². The number of ether oxygens (including phenoxy) is 1. The van der Waals surface area contributed by atoms with Gasteiger partial charge < -0.3 is 21.1 Å².